The molecule has 138 valence electrons. The fraction of sp³-hybridized carbons (Fsp3) is 0.556. The van der Waals surface area contributed by atoms with Crippen molar-refractivity contribution in [3.8, 4) is 0 Å². The minimum atomic E-state index is -0.524. The molecule has 0 radical (unpaired) electrons. The van der Waals surface area contributed by atoms with Gasteiger partial charge in [-0.2, -0.15) is 0 Å². The van der Waals surface area contributed by atoms with Gasteiger partial charge >= 0.3 is 6.09 Å². The molecular formula is C18H26BrN3O3. The van der Waals surface area contributed by atoms with Crippen molar-refractivity contribution in [2.75, 3.05) is 17.7 Å². The number of anilines is 2. The summed E-state index contributed by atoms with van der Waals surface area (Å²) in [6.07, 6.45) is 1.71. The Morgan fingerprint density at radius 2 is 1.92 bits per heavy atom. The third kappa shape index (κ3) is 5.92. The first-order chi connectivity index (χ1) is 11.7. The van der Waals surface area contributed by atoms with Crippen LogP contribution in [-0.4, -0.2) is 30.7 Å². The quantitative estimate of drug-likeness (QED) is 0.695. The van der Waals surface area contributed by atoms with Crippen LogP contribution in [0.1, 0.15) is 40.0 Å². The van der Waals surface area contributed by atoms with Gasteiger partial charge in [0, 0.05) is 23.5 Å². The molecule has 7 heteroatoms. The van der Waals surface area contributed by atoms with Crippen molar-refractivity contribution in [1.82, 2.24) is 5.32 Å². The maximum absolute atomic E-state index is 12.6. The number of ether oxygens (including phenoxy) is 1. The van der Waals surface area contributed by atoms with E-state index in [0.717, 1.165) is 28.7 Å². The Morgan fingerprint density at radius 3 is 2.56 bits per heavy atom. The Balaban J connectivity index is 1.90. The molecule has 1 aliphatic rings. The van der Waals surface area contributed by atoms with Gasteiger partial charge in [-0.05, 0) is 58.2 Å². The highest BCUT2D eigenvalue weighted by Crippen LogP contribution is 2.30. The van der Waals surface area contributed by atoms with Crippen molar-refractivity contribution in [3.63, 3.8) is 0 Å². The van der Waals surface area contributed by atoms with E-state index in [0.29, 0.717) is 6.42 Å². The number of carbonyl (C=O) groups is 2. The minimum Gasteiger partial charge on any atom is -0.444 e. The zero-order valence-corrected chi connectivity index (χ0v) is 16.7. The summed E-state index contributed by atoms with van der Waals surface area (Å²) < 4.78 is 6.17. The van der Waals surface area contributed by atoms with Crippen LogP contribution in [0.4, 0.5) is 16.2 Å². The number of benzene rings is 1. The van der Waals surface area contributed by atoms with Crippen LogP contribution < -0.4 is 16.0 Å². The lowest BCUT2D eigenvalue weighted by atomic mass is 10.1. The van der Waals surface area contributed by atoms with Crippen LogP contribution in [-0.2, 0) is 9.53 Å². The van der Waals surface area contributed by atoms with Gasteiger partial charge in [-0.25, -0.2) is 4.79 Å². The van der Waals surface area contributed by atoms with Gasteiger partial charge in [-0.3, -0.25) is 4.79 Å². The van der Waals surface area contributed by atoms with Gasteiger partial charge in [0.2, 0.25) is 5.91 Å². The zero-order chi connectivity index (χ0) is 18.6. The number of halogens is 1. The van der Waals surface area contributed by atoms with Crippen LogP contribution >= 0.6 is 15.9 Å². The van der Waals surface area contributed by atoms with E-state index < -0.39 is 11.7 Å². The number of hydrogen-bond donors (Lipinski definition) is 3. The average Bonchev–Trinajstić information content (AvgIpc) is 2.94. The predicted octanol–water partition coefficient (Wildman–Crippen LogP) is 4.12. The maximum atomic E-state index is 12.6. The molecule has 2 amide bonds. The first-order valence-electron chi connectivity index (χ1n) is 8.45. The fourth-order valence-corrected chi connectivity index (χ4v) is 3.26. The molecule has 0 spiro atoms. The number of hydrogen-bond acceptors (Lipinski definition) is 4. The standard InChI is InChI=1S/C18H26BrN3O3/c1-18(2,3)25-17(24)21-13-7-5-11(9-13)16(23)22-15-10-12(19)6-8-14(15)20-4/h6,8,10-11,13,20H,5,7,9H2,1-4H3,(H,21,24)(H,22,23)/t11-,13+/m0/s1. The minimum absolute atomic E-state index is 0.0249. The first kappa shape index (κ1) is 19.6. The SMILES string of the molecule is CNc1ccc(Br)cc1NC(=O)[C@H]1CC[C@@H](NC(=O)OC(C)(C)C)C1. The summed E-state index contributed by atoms with van der Waals surface area (Å²) in [5.41, 5.74) is 1.08. The second-order valence-electron chi connectivity index (χ2n) is 7.28. The van der Waals surface area contributed by atoms with E-state index in [2.05, 4.69) is 31.9 Å². The van der Waals surface area contributed by atoms with Crippen LogP contribution in [0.15, 0.2) is 22.7 Å². The van der Waals surface area contributed by atoms with Crippen molar-refractivity contribution in [2.45, 2.75) is 51.7 Å². The Kier molecular flexibility index (Phi) is 6.32. The number of carbonyl (C=O) groups excluding carboxylic acids is 2. The highest BCUT2D eigenvalue weighted by atomic mass is 79.9. The molecule has 25 heavy (non-hydrogen) atoms. The van der Waals surface area contributed by atoms with Gasteiger partial charge in [-0.1, -0.05) is 15.9 Å². The lowest BCUT2D eigenvalue weighted by Crippen LogP contribution is -2.38. The Labute approximate surface area is 157 Å². The van der Waals surface area contributed by atoms with Gasteiger partial charge in [-0.15, -0.1) is 0 Å². The smallest absolute Gasteiger partial charge is 0.407 e. The highest BCUT2D eigenvalue weighted by Gasteiger charge is 2.32. The number of amides is 2. The van der Waals surface area contributed by atoms with Crippen LogP contribution in [0.5, 0.6) is 0 Å². The summed E-state index contributed by atoms with van der Waals surface area (Å²) in [4.78, 5) is 24.4. The fourth-order valence-electron chi connectivity index (χ4n) is 2.90. The normalized spacial score (nSPS) is 20.0. The summed E-state index contributed by atoms with van der Waals surface area (Å²) in [7, 11) is 1.81. The van der Waals surface area contributed by atoms with Crippen molar-refractivity contribution in [1.29, 1.82) is 0 Å². The molecule has 0 aromatic heterocycles. The van der Waals surface area contributed by atoms with Crippen LogP contribution in [0, 0.1) is 5.92 Å². The molecular weight excluding hydrogens is 386 g/mol. The highest BCUT2D eigenvalue weighted by molar-refractivity contribution is 9.10. The molecule has 1 aromatic carbocycles. The second kappa shape index (κ2) is 8.08. The van der Waals surface area contributed by atoms with Crippen molar-refractivity contribution >= 4 is 39.3 Å². The van der Waals surface area contributed by atoms with Crippen LogP contribution in [0.2, 0.25) is 0 Å². The molecule has 0 heterocycles. The van der Waals surface area contributed by atoms with Crippen LogP contribution in [0.25, 0.3) is 0 Å². The summed E-state index contributed by atoms with van der Waals surface area (Å²) in [5, 5.41) is 8.90. The predicted molar refractivity (Wildman–Crippen MR) is 103 cm³/mol. The summed E-state index contributed by atoms with van der Waals surface area (Å²) in [5.74, 6) is -0.147. The van der Waals surface area contributed by atoms with Gasteiger partial charge in [0.1, 0.15) is 5.60 Å². The lowest BCUT2D eigenvalue weighted by Gasteiger charge is -2.21. The molecule has 3 N–H and O–H groups in total. The van der Waals surface area contributed by atoms with E-state index >= 15 is 0 Å². The summed E-state index contributed by atoms with van der Waals surface area (Å²) in [6.45, 7) is 5.48. The molecule has 1 saturated carbocycles. The van der Waals surface area contributed by atoms with Crippen LogP contribution in [0.3, 0.4) is 0 Å². The van der Waals surface area contributed by atoms with E-state index in [4.69, 9.17) is 4.74 Å². The second-order valence-corrected chi connectivity index (χ2v) is 8.20. The van der Waals surface area contributed by atoms with Gasteiger partial charge in [0.25, 0.3) is 0 Å². The third-order valence-electron chi connectivity index (χ3n) is 4.03. The average molecular weight is 412 g/mol. The first-order valence-corrected chi connectivity index (χ1v) is 9.25. The Morgan fingerprint density at radius 1 is 1.20 bits per heavy atom. The summed E-state index contributed by atoms with van der Waals surface area (Å²) in [6, 6.07) is 5.66. The number of alkyl carbamates (subject to hydrolysis) is 1. The van der Waals surface area contributed by atoms with E-state index in [-0.39, 0.29) is 17.9 Å². The molecule has 0 saturated heterocycles. The van der Waals surface area contributed by atoms with E-state index in [1.807, 2.05) is 46.0 Å². The topological polar surface area (TPSA) is 79.5 Å². The van der Waals surface area contributed by atoms with Gasteiger partial charge < -0.3 is 20.7 Å². The van der Waals surface area contributed by atoms with Gasteiger partial charge in [0.15, 0.2) is 0 Å². The molecule has 0 unspecified atom stereocenters. The maximum Gasteiger partial charge on any atom is 0.407 e. The van der Waals surface area contributed by atoms with Gasteiger partial charge in [0.05, 0.1) is 11.4 Å². The third-order valence-corrected chi connectivity index (χ3v) is 4.53. The zero-order valence-electron chi connectivity index (χ0n) is 15.1. The molecule has 0 aliphatic heterocycles. The monoisotopic (exact) mass is 411 g/mol. The molecule has 2 atom stereocenters. The Hall–Kier alpha value is -1.76. The Bertz CT molecular complexity index is 643. The van der Waals surface area contributed by atoms with E-state index in [9.17, 15) is 9.59 Å². The number of rotatable bonds is 4. The largest absolute Gasteiger partial charge is 0.444 e. The molecule has 1 aliphatic carbocycles. The summed E-state index contributed by atoms with van der Waals surface area (Å²) >= 11 is 3.42. The number of nitrogens with one attached hydrogen (secondary N) is 3. The van der Waals surface area contributed by atoms with E-state index in [1.165, 1.54) is 0 Å². The van der Waals surface area contributed by atoms with Crippen molar-refractivity contribution in [3.05, 3.63) is 22.7 Å². The van der Waals surface area contributed by atoms with Crippen molar-refractivity contribution < 1.29 is 14.3 Å². The van der Waals surface area contributed by atoms with E-state index in [1.54, 1.807) is 0 Å². The van der Waals surface area contributed by atoms with Crippen molar-refractivity contribution in [2.24, 2.45) is 5.92 Å². The molecule has 0 bridgehead atoms. The molecule has 6 nitrogen and oxygen atoms in total. The molecule has 1 fully saturated rings. The molecule has 2 rings (SSSR count). The lowest BCUT2D eigenvalue weighted by molar-refractivity contribution is -0.119. The molecule has 1 aromatic rings.